The number of nitrogens with one attached hydrogen (secondary N) is 1. The van der Waals surface area contributed by atoms with Gasteiger partial charge in [-0.25, -0.2) is 0 Å². The molecule has 1 atom stereocenters. The van der Waals surface area contributed by atoms with Crippen LogP contribution in [0.3, 0.4) is 0 Å². The summed E-state index contributed by atoms with van der Waals surface area (Å²) >= 11 is 5.29. The topological polar surface area (TPSA) is 18.5 Å². The van der Waals surface area contributed by atoms with Gasteiger partial charge in [-0.15, -0.1) is 0 Å². The van der Waals surface area contributed by atoms with Gasteiger partial charge in [0.15, 0.2) is 5.11 Å². The van der Waals surface area contributed by atoms with Crippen molar-refractivity contribution in [3.8, 4) is 0 Å². The van der Waals surface area contributed by atoms with Gasteiger partial charge in [0.25, 0.3) is 0 Å². The fraction of sp³-hybridized carbons (Fsp3) is 0.444. The molecule has 0 aromatic rings. The Balaban J connectivity index is 2.61. The van der Waals surface area contributed by atoms with Gasteiger partial charge in [0.1, 0.15) is 6.17 Å². The molecule has 1 aliphatic heterocycles. The van der Waals surface area contributed by atoms with Crippen LogP contribution in [0, 0.1) is 0 Å². The molecule has 4 heteroatoms. The lowest BCUT2D eigenvalue weighted by atomic mass is 10.5. The zero-order valence-electron chi connectivity index (χ0n) is 8.19. The van der Waals surface area contributed by atoms with Crippen LogP contribution < -0.4 is 5.32 Å². The van der Waals surface area contributed by atoms with Crippen LogP contribution in [0.4, 0.5) is 0 Å². The molecule has 0 aliphatic carbocycles. The summed E-state index contributed by atoms with van der Waals surface area (Å²) in [4.78, 5) is 3.93. The van der Waals surface area contributed by atoms with E-state index in [0.29, 0.717) is 0 Å². The van der Waals surface area contributed by atoms with Crippen LogP contribution in [0.2, 0.25) is 0 Å². The van der Waals surface area contributed by atoms with Gasteiger partial charge in [-0.1, -0.05) is 6.08 Å². The Morgan fingerprint density at radius 3 is 2.85 bits per heavy atom. The van der Waals surface area contributed by atoms with E-state index >= 15 is 0 Å². The summed E-state index contributed by atoms with van der Waals surface area (Å²) in [6.45, 7) is 4.04. The Kier molecular flexibility index (Phi) is 3.31. The first-order chi connectivity index (χ1) is 6.16. The van der Waals surface area contributed by atoms with Crippen molar-refractivity contribution in [2.24, 2.45) is 0 Å². The fourth-order valence-electron chi connectivity index (χ4n) is 1.17. The molecule has 1 unspecified atom stereocenters. The maximum Gasteiger partial charge on any atom is 0.181 e. The Morgan fingerprint density at radius 2 is 2.38 bits per heavy atom. The summed E-state index contributed by atoms with van der Waals surface area (Å²) in [6.07, 6.45) is 8.01. The molecule has 0 spiro atoms. The van der Waals surface area contributed by atoms with Gasteiger partial charge in [0.2, 0.25) is 0 Å². The van der Waals surface area contributed by atoms with E-state index in [0.717, 1.165) is 5.11 Å². The maximum absolute atomic E-state index is 5.29. The summed E-state index contributed by atoms with van der Waals surface area (Å²) < 4.78 is 0. The fourth-order valence-corrected chi connectivity index (χ4v) is 1.45. The zero-order valence-corrected chi connectivity index (χ0v) is 9.01. The molecule has 1 aliphatic rings. The van der Waals surface area contributed by atoms with Crippen molar-refractivity contribution in [2.45, 2.75) is 20.0 Å². The first-order valence-electron chi connectivity index (χ1n) is 4.27. The number of nitrogens with zero attached hydrogens (tertiary/aromatic N) is 2. The maximum atomic E-state index is 5.29. The minimum atomic E-state index is 0.250. The van der Waals surface area contributed by atoms with Gasteiger partial charge in [-0.2, -0.15) is 0 Å². The van der Waals surface area contributed by atoms with E-state index < -0.39 is 0 Å². The quantitative estimate of drug-likeness (QED) is 0.641. The van der Waals surface area contributed by atoms with Crippen LogP contribution in [0.1, 0.15) is 13.8 Å². The second-order valence-electron chi connectivity index (χ2n) is 2.94. The highest BCUT2D eigenvalue weighted by Gasteiger charge is 2.18. The third-order valence-corrected chi connectivity index (χ3v) is 2.38. The number of hydrogen-bond donors (Lipinski definition) is 1. The second kappa shape index (κ2) is 4.28. The van der Waals surface area contributed by atoms with Crippen molar-refractivity contribution in [3.63, 3.8) is 0 Å². The molecule has 1 rings (SSSR count). The average Bonchev–Trinajstić information content (AvgIpc) is 2.50. The third kappa shape index (κ3) is 2.21. The normalized spacial score (nSPS) is 20.8. The molecule has 0 saturated carbocycles. The Bertz CT molecular complexity index is 247. The first-order valence-corrected chi connectivity index (χ1v) is 4.68. The van der Waals surface area contributed by atoms with Gasteiger partial charge in [-0.05, 0) is 26.1 Å². The van der Waals surface area contributed by atoms with E-state index in [2.05, 4.69) is 12.2 Å². The summed E-state index contributed by atoms with van der Waals surface area (Å²) in [5, 5.41) is 3.95. The predicted molar refractivity (Wildman–Crippen MR) is 58.8 cm³/mol. The molecule has 1 N–H and O–H groups in total. The molecule has 0 aromatic carbocycles. The van der Waals surface area contributed by atoms with Crippen LogP contribution in [0.25, 0.3) is 0 Å². The van der Waals surface area contributed by atoms with E-state index in [1.54, 1.807) is 0 Å². The van der Waals surface area contributed by atoms with Gasteiger partial charge >= 0.3 is 0 Å². The largest absolute Gasteiger partial charge is 0.370 e. The van der Waals surface area contributed by atoms with E-state index in [4.69, 9.17) is 12.2 Å². The summed E-state index contributed by atoms with van der Waals surface area (Å²) in [5.41, 5.74) is 0. The van der Waals surface area contributed by atoms with Crippen LogP contribution in [-0.4, -0.2) is 28.1 Å². The lowest BCUT2D eigenvalue weighted by molar-refractivity contribution is 0.399. The number of allylic oxidation sites excluding steroid dienone is 1. The van der Waals surface area contributed by atoms with Crippen molar-refractivity contribution < 1.29 is 0 Å². The second-order valence-corrected chi connectivity index (χ2v) is 3.31. The Hall–Kier alpha value is -1.03. The van der Waals surface area contributed by atoms with Crippen molar-refractivity contribution in [2.75, 3.05) is 7.05 Å². The van der Waals surface area contributed by atoms with Crippen molar-refractivity contribution in [3.05, 3.63) is 24.7 Å². The summed E-state index contributed by atoms with van der Waals surface area (Å²) in [6, 6.07) is 0. The van der Waals surface area contributed by atoms with Gasteiger partial charge in [-0.3, -0.25) is 0 Å². The SMILES string of the molecule is C/C=C\N(C)C(=S)N1C=CNC1C. The third-order valence-electron chi connectivity index (χ3n) is 1.89. The molecular weight excluding hydrogens is 182 g/mol. The first kappa shape index (κ1) is 10.1. The van der Waals surface area contributed by atoms with Crippen molar-refractivity contribution in [1.82, 2.24) is 15.1 Å². The Morgan fingerprint density at radius 1 is 1.69 bits per heavy atom. The highest BCUT2D eigenvalue weighted by Crippen LogP contribution is 2.07. The van der Waals surface area contributed by atoms with E-state index in [-0.39, 0.29) is 6.17 Å². The zero-order chi connectivity index (χ0) is 9.84. The molecule has 13 heavy (non-hydrogen) atoms. The van der Waals surface area contributed by atoms with E-state index in [1.165, 1.54) is 0 Å². The van der Waals surface area contributed by atoms with Crippen LogP contribution in [0.5, 0.6) is 0 Å². The minimum absolute atomic E-state index is 0.250. The van der Waals surface area contributed by atoms with E-state index in [1.807, 2.05) is 48.4 Å². The molecule has 0 saturated heterocycles. The highest BCUT2D eigenvalue weighted by atomic mass is 32.1. The molecule has 0 bridgehead atoms. The highest BCUT2D eigenvalue weighted by molar-refractivity contribution is 7.80. The summed E-state index contributed by atoms with van der Waals surface area (Å²) in [5.74, 6) is 0. The number of rotatable bonds is 1. The molecular formula is C9H15N3S. The lowest BCUT2D eigenvalue weighted by Gasteiger charge is -2.27. The number of hydrogen-bond acceptors (Lipinski definition) is 2. The van der Waals surface area contributed by atoms with E-state index in [9.17, 15) is 0 Å². The average molecular weight is 197 g/mol. The molecule has 0 radical (unpaired) electrons. The molecule has 3 nitrogen and oxygen atoms in total. The molecule has 0 amide bonds. The standard InChI is InChI=1S/C9H15N3S/c1-4-6-11(3)9(13)12-7-5-10-8(12)2/h4-8,10H,1-3H3/b6-4-. The smallest absolute Gasteiger partial charge is 0.181 e. The number of thiocarbonyl (C=S) groups is 1. The molecule has 1 heterocycles. The lowest BCUT2D eigenvalue weighted by Crippen LogP contribution is -2.41. The summed E-state index contributed by atoms with van der Waals surface area (Å²) in [7, 11) is 1.95. The minimum Gasteiger partial charge on any atom is -0.370 e. The van der Waals surface area contributed by atoms with Gasteiger partial charge in [0, 0.05) is 25.6 Å². The molecule has 0 fully saturated rings. The monoisotopic (exact) mass is 197 g/mol. The van der Waals surface area contributed by atoms with Gasteiger partial charge < -0.3 is 15.1 Å². The van der Waals surface area contributed by atoms with Crippen molar-refractivity contribution >= 4 is 17.3 Å². The van der Waals surface area contributed by atoms with Crippen LogP contribution in [-0.2, 0) is 0 Å². The Labute approximate surface area is 84.7 Å². The van der Waals surface area contributed by atoms with Gasteiger partial charge in [0.05, 0.1) is 0 Å². The van der Waals surface area contributed by atoms with Crippen LogP contribution in [0.15, 0.2) is 24.7 Å². The van der Waals surface area contributed by atoms with Crippen molar-refractivity contribution in [1.29, 1.82) is 0 Å². The predicted octanol–water partition coefficient (Wildman–Crippen LogP) is 1.46. The molecule has 0 aromatic heterocycles. The molecule has 72 valence electrons. The van der Waals surface area contributed by atoms with Crippen LogP contribution >= 0.6 is 12.2 Å².